The Morgan fingerprint density at radius 3 is 2.83 bits per heavy atom. The van der Waals surface area contributed by atoms with Crippen LogP contribution in [0.25, 0.3) is 0 Å². The summed E-state index contributed by atoms with van der Waals surface area (Å²) < 4.78 is 25.2. The van der Waals surface area contributed by atoms with Gasteiger partial charge < -0.3 is 28.6 Å². The van der Waals surface area contributed by atoms with Gasteiger partial charge in [-0.05, 0) is 49.2 Å². The van der Waals surface area contributed by atoms with E-state index in [0.717, 1.165) is 24.4 Å². The largest absolute Gasteiger partial charge is 0.493 e. The van der Waals surface area contributed by atoms with Gasteiger partial charge in [-0.2, -0.15) is 0 Å². The summed E-state index contributed by atoms with van der Waals surface area (Å²) >= 11 is 6.04. The van der Waals surface area contributed by atoms with Gasteiger partial charge >= 0.3 is 0 Å². The Kier molecular flexibility index (Phi) is 9.09. The van der Waals surface area contributed by atoms with Gasteiger partial charge in [0.15, 0.2) is 11.5 Å². The summed E-state index contributed by atoms with van der Waals surface area (Å²) in [5.74, 6) is 3.03. The topological polar surface area (TPSA) is 78.2 Å². The molecule has 1 saturated heterocycles. The summed E-state index contributed by atoms with van der Waals surface area (Å²) in [5, 5.41) is 11.8. The highest BCUT2D eigenvalue weighted by Gasteiger charge is 2.33. The smallest absolute Gasteiger partial charge is 0.161 e. The van der Waals surface area contributed by atoms with Gasteiger partial charge in [0.2, 0.25) is 0 Å². The lowest BCUT2D eigenvalue weighted by Crippen LogP contribution is -2.48. The summed E-state index contributed by atoms with van der Waals surface area (Å²) in [5.41, 5.74) is -0.0761. The third kappa shape index (κ3) is 7.36. The quantitative estimate of drug-likeness (QED) is 0.387. The number of methoxy groups -OCH3 is 1. The Labute approximate surface area is 217 Å². The van der Waals surface area contributed by atoms with Crippen LogP contribution in [-0.4, -0.2) is 71.8 Å². The van der Waals surface area contributed by atoms with Crippen molar-refractivity contribution in [2.45, 2.75) is 32.0 Å². The van der Waals surface area contributed by atoms with Crippen LogP contribution in [0.2, 0.25) is 5.02 Å². The van der Waals surface area contributed by atoms with Gasteiger partial charge in [-0.3, -0.25) is 4.90 Å². The molecule has 0 radical (unpaired) electrons. The lowest BCUT2D eigenvalue weighted by Gasteiger charge is -2.30. The number of aliphatic hydroxyl groups is 1. The first-order chi connectivity index (χ1) is 17.4. The number of rotatable bonds is 11. The average Bonchev–Trinajstić information content (AvgIpc) is 3.18. The first-order valence-electron chi connectivity index (χ1n) is 12.1. The molecule has 194 valence electrons. The zero-order valence-corrected chi connectivity index (χ0v) is 21.6. The molecule has 9 heteroatoms. The van der Waals surface area contributed by atoms with E-state index in [1.54, 1.807) is 19.2 Å². The second kappa shape index (κ2) is 12.5. The van der Waals surface area contributed by atoms with Crippen molar-refractivity contribution in [1.29, 1.82) is 0 Å². The van der Waals surface area contributed by atoms with E-state index in [4.69, 9.17) is 30.5 Å². The number of nitrogens with zero attached hydrogens (tertiary/aromatic N) is 3. The maximum Gasteiger partial charge on any atom is 0.161 e. The Bertz CT molecular complexity index is 1120. The first-order valence-corrected chi connectivity index (χ1v) is 12.5. The molecule has 0 amide bonds. The van der Waals surface area contributed by atoms with Crippen molar-refractivity contribution >= 4 is 11.6 Å². The lowest BCUT2D eigenvalue weighted by atomic mass is 10.1. The van der Waals surface area contributed by atoms with Crippen molar-refractivity contribution in [1.82, 2.24) is 14.5 Å². The second-order valence-electron chi connectivity index (χ2n) is 9.09. The lowest BCUT2D eigenvalue weighted by molar-refractivity contribution is -0.0646. The van der Waals surface area contributed by atoms with Crippen molar-refractivity contribution in [3.8, 4) is 17.2 Å². The summed E-state index contributed by atoms with van der Waals surface area (Å²) in [7, 11) is 1.65. The molecule has 1 fully saturated rings. The third-order valence-corrected chi connectivity index (χ3v) is 6.34. The first kappa shape index (κ1) is 26.3. The number of aromatic nitrogens is 2. The predicted molar refractivity (Wildman–Crippen MR) is 138 cm³/mol. The number of aryl methyl sites for hydroxylation is 2. The number of ether oxygens (including phenoxy) is 4. The molecule has 0 unspecified atom stereocenters. The van der Waals surface area contributed by atoms with Gasteiger partial charge in [0.05, 0.1) is 26.9 Å². The molecule has 2 aromatic carbocycles. The van der Waals surface area contributed by atoms with E-state index >= 15 is 0 Å². The molecular formula is C27H34ClN3O5. The molecule has 0 spiro atoms. The zero-order valence-electron chi connectivity index (χ0n) is 20.9. The summed E-state index contributed by atoms with van der Waals surface area (Å²) in [6.07, 6.45) is 4.65. The standard InChI is InChI=1S/C27H34ClN3O5/c1-21-29-9-11-31(21)10-4-13-35-25-8-7-22(15-26(25)33-2)17-30-12-14-34-19-27(32,18-30)20-36-24-6-3-5-23(28)16-24/h3,5-9,11,15-16,32H,4,10,12-14,17-20H2,1-2H3/t27-/m0/s1. The van der Waals surface area contributed by atoms with E-state index < -0.39 is 5.60 Å². The van der Waals surface area contributed by atoms with Crippen LogP contribution in [0.1, 0.15) is 17.8 Å². The Morgan fingerprint density at radius 2 is 2.06 bits per heavy atom. The molecule has 1 N–H and O–H groups in total. The van der Waals surface area contributed by atoms with Crippen molar-refractivity contribution in [2.24, 2.45) is 0 Å². The van der Waals surface area contributed by atoms with Crippen LogP contribution in [-0.2, 0) is 17.8 Å². The van der Waals surface area contributed by atoms with Crippen LogP contribution < -0.4 is 14.2 Å². The fourth-order valence-corrected chi connectivity index (χ4v) is 4.42. The van der Waals surface area contributed by atoms with Crippen molar-refractivity contribution < 1.29 is 24.1 Å². The van der Waals surface area contributed by atoms with Gasteiger partial charge in [-0.25, -0.2) is 4.98 Å². The van der Waals surface area contributed by atoms with Crippen LogP contribution in [0.3, 0.4) is 0 Å². The summed E-state index contributed by atoms with van der Waals surface area (Å²) in [6.45, 7) is 6.04. The van der Waals surface area contributed by atoms with E-state index in [9.17, 15) is 5.11 Å². The molecule has 36 heavy (non-hydrogen) atoms. The van der Waals surface area contributed by atoms with Gasteiger partial charge in [0.1, 0.15) is 23.8 Å². The number of hydrogen-bond donors (Lipinski definition) is 1. The minimum absolute atomic E-state index is 0.110. The van der Waals surface area contributed by atoms with Crippen LogP contribution in [0.15, 0.2) is 54.9 Å². The molecule has 2 heterocycles. The molecule has 1 aromatic heterocycles. The van der Waals surface area contributed by atoms with Gasteiger partial charge in [0, 0.05) is 43.6 Å². The minimum Gasteiger partial charge on any atom is -0.493 e. The van der Waals surface area contributed by atoms with E-state index in [1.807, 2.05) is 49.6 Å². The summed E-state index contributed by atoms with van der Waals surface area (Å²) in [6, 6.07) is 13.1. The number of β-amino-alcohol motifs (C(OH)–C–C–N with tert-alkyl or cyclic N) is 1. The molecular weight excluding hydrogens is 482 g/mol. The second-order valence-corrected chi connectivity index (χ2v) is 9.53. The third-order valence-electron chi connectivity index (χ3n) is 6.10. The minimum atomic E-state index is -1.14. The summed E-state index contributed by atoms with van der Waals surface area (Å²) in [4.78, 5) is 6.41. The van der Waals surface area contributed by atoms with E-state index in [-0.39, 0.29) is 13.2 Å². The Hall–Kier alpha value is -2.78. The van der Waals surface area contributed by atoms with Crippen LogP contribution in [0.4, 0.5) is 0 Å². The van der Waals surface area contributed by atoms with E-state index in [1.165, 1.54) is 0 Å². The normalized spacial score (nSPS) is 18.6. The van der Waals surface area contributed by atoms with Crippen LogP contribution >= 0.6 is 11.6 Å². The van der Waals surface area contributed by atoms with Gasteiger partial charge in [0.25, 0.3) is 0 Å². The predicted octanol–water partition coefficient (Wildman–Crippen LogP) is 3.96. The number of halogens is 1. The number of benzene rings is 2. The zero-order chi connectivity index (χ0) is 25.4. The van der Waals surface area contributed by atoms with Crippen LogP contribution in [0, 0.1) is 6.92 Å². The molecule has 8 nitrogen and oxygen atoms in total. The maximum absolute atomic E-state index is 11.2. The fraction of sp³-hybridized carbons (Fsp3) is 0.444. The molecule has 1 atom stereocenters. The average molecular weight is 516 g/mol. The fourth-order valence-electron chi connectivity index (χ4n) is 4.24. The highest BCUT2D eigenvalue weighted by molar-refractivity contribution is 6.30. The Balaban J connectivity index is 1.32. The van der Waals surface area contributed by atoms with Crippen molar-refractivity contribution in [3.63, 3.8) is 0 Å². The Morgan fingerprint density at radius 1 is 1.17 bits per heavy atom. The van der Waals surface area contributed by atoms with Crippen LogP contribution in [0.5, 0.6) is 17.2 Å². The van der Waals surface area contributed by atoms with E-state index in [0.29, 0.717) is 55.1 Å². The van der Waals surface area contributed by atoms with E-state index in [2.05, 4.69) is 14.5 Å². The monoisotopic (exact) mass is 515 g/mol. The van der Waals surface area contributed by atoms with Gasteiger partial charge in [-0.1, -0.05) is 23.7 Å². The number of hydrogen-bond acceptors (Lipinski definition) is 7. The molecule has 1 aliphatic rings. The van der Waals surface area contributed by atoms with Crippen molar-refractivity contribution in [3.05, 3.63) is 71.3 Å². The van der Waals surface area contributed by atoms with Gasteiger partial charge in [-0.15, -0.1) is 0 Å². The molecule has 0 saturated carbocycles. The number of imidazole rings is 1. The molecule has 0 bridgehead atoms. The molecule has 3 aromatic rings. The molecule has 4 rings (SSSR count). The maximum atomic E-state index is 11.2. The highest BCUT2D eigenvalue weighted by Crippen LogP contribution is 2.29. The SMILES string of the molecule is COc1cc(CN2CCOC[C@](O)(COc3cccc(Cl)c3)C2)ccc1OCCCn1ccnc1C. The molecule has 1 aliphatic heterocycles. The van der Waals surface area contributed by atoms with Crippen molar-refractivity contribution in [2.75, 3.05) is 46.6 Å². The highest BCUT2D eigenvalue weighted by atomic mass is 35.5. The molecule has 0 aliphatic carbocycles.